The lowest BCUT2D eigenvalue weighted by Gasteiger charge is -2.17. The standard InChI is InChI=1S/C13H18N2O2/c1-9-8-12(16)10(2)7-11(9)14-13(17)15-5-3-4-6-15/h7-8,16H,3-6H2,1-2H3,(H,14,17). The molecule has 92 valence electrons. The number of likely N-dealkylation sites (tertiary alicyclic amines) is 1. The van der Waals surface area contributed by atoms with E-state index in [-0.39, 0.29) is 11.8 Å². The van der Waals surface area contributed by atoms with Crippen LogP contribution in [0, 0.1) is 13.8 Å². The molecule has 0 saturated carbocycles. The summed E-state index contributed by atoms with van der Waals surface area (Å²) in [5, 5.41) is 12.4. The number of carbonyl (C=O) groups is 1. The van der Waals surface area contributed by atoms with Gasteiger partial charge in [-0.15, -0.1) is 0 Å². The van der Waals surface area contributed by atoms with E-state index < -0.39 is 0 Å². The normalized spacial score (nSPS) is 15.1. The third kappa shape index (κ3) is 2.52. The van der Waals surface area contributed by atoms with E-state index >= 15 is 0 Å². The molecule has 0 radical (unpaired) electrons. The number of benzene rings is 1. The zero-order valence-corrected chi connectivity index (χ0v) is 10.3. The van der Waals surface area contributed by atoms with E-state index in [1.54, 1.807) is 12.1 Å². The van der Waals surface area contributed by atoms with Crippen molar-refractivity contribution in [2.24, 2.45) is 0 Å². The number of nitrogens with zero attached hydrogens (tertiary/aromatic N) is 1. The first kappa shape index (κ1) is 11.8. The summed E-state index contributed by atoms with van der Waals surface area (Å²) in [4.78, 5) is 13.7. The number of nitrogens with one attached hydrogen (secondary N) is 1. The third-order valence-electron chi connectivity index (χ3n) is 3.18. The first-order valence-electron chi connectivity index (χ1n) is 5.94. The number of aryl methyl sites for hydroxylation is 2. The van der Waals surface area contributed by atoms with Crippen molar-refractivity contribution >= 4 is 11.7 Å². The van der Waals surface area contributed by atoms with Crippen LogP contribution in [0.4, 0.5) is 10.5 Å². The summed E-state index contributed by atoms with van der Waals surface area (Å²) in [6.45, 7) is 5.36. The highest BCUT2D eigenvalue weighted by atomic mass is 16.3. The van der Waals surface area contributed by atoms with Gasteiger partial charge in [0.1, 0.15) is 5.75 Å². The van der Waals surface area contributed by atoms with Crippen LogP contribution < -0.4 is 5.32 Å². The van der Waals surface area contributed by atoms with Crippen LogP contribution in [-0.4, -0.2) is 29.1 Å². The van der Waals surface area contributed by atoms with Gasteiger partial charge in [0.2, 0.25) is 0 Å². The minimum absolute atomic E-state index is 0.0457. The molecule has 0 spiro atoms. The summed E-state index contributed by atoms with van der Waals surface area (Å²) in [6, 6.07) is 3.43. The molecular weight excluding hydrogens is 216 g/mol. The average Bonchev–Trinajstić information content (AvgIpc) is 2.79. The number of carbonyl (C=O) groups excluding carboxylic acids is 1. The topological polar surface area (TPSA) is 52.6 Å². The maximum absolute atomic E-state index is 11.9. The quantitative estimate of drug-likeness (QED) is 0.734. The number of anilines is 1. The molecule has 0 atom stereocenters. The number of amides is 2. The van der Waals surface area contributed by atoms with Crippen LogP contribution in [0.3, 0.4) is 0 Å². The van der Waals surface area contributed by atoms with Crippen LogP contribution in [0.25, 0.3) is 0 Å². The van der Waals surface area contributed by atoms with Gasteiger partial charge in [-0.25, -0.2) is 4.79 Å². The minimum atomic E-state index is -0.0457. The van der Waals surface area contributed by atoms with E-state index in [4.69, 9.17) is 0 Å². The maximum Gasteiger partial charge on any atom is 0.321 e. The van der Waals surface area contributed by atoms with E-state index in [2.05, 4.69) is 5.32 Å². The number of rotatable bonds is 1. The number of hydrogen-bond acceptors (Lipinski definition) is 2. The molecular formula is C13H18N2O2. The van der Waals surface area contributed by atoms with Gasteiger partial charge >= 0.3 is 6.03 Å². The first-order valence-corrected chi connectivity index (χ1v) is 5.94. The summed E-state index contributed by atoms with van der Waals surface area (Å²) >= 11 is 0. The van der Waals surface area contributed by atoms with Gasteiger partial charge in [0.15, 0.2) is 0 Å². The number of aromatic hydroxyl groups is 1. The first-order chi connectivity index (χ1) is 8.08. The second-order valence-corrected chi connectivity index (χ2v) is 4.58. The van der Waals surface area contributed by atoms with E-state index in [9.17, 15) is 9.90 Å². The lowest BCUT2D eigenvalue weighted by molar-refractivity contribution is 0.222. The Kier molecular flexibility index (Phi) is 3.22. The molecule has 1 aromatic carbocycles. The van der Waals surface area contributed by atoms with Crippen molar-refractivity contribution in [1.82, 2.24) is 4.90 Å². The Bertz CT molecular complexity index is 437. The molecule has 4 nitrogen and oxygen atoms in total. The van der Waals surface area contributed by atoms with Crippen molar-refractivity contribution in [1.29, 1.82) is 0 Å². The molecule has 2 amide bonds. The SMILES string of the molecule is Cc1cc(NC(=O)N2CCCC2)c(C)cc1O. The number of phenols is 1. The van der Waals surface area contributed by atoms with Gasteiger partial charge < -0.3 is 15.3 Å². The van der Waals surface area contributed by atoms with Crippen molar-refractivity contribution in [3.8, 4) is 5.75 Å². The maximum atomic E-state index is 11.9. The summed E-state index contributed by atoms with van der Waals surface area (Å²) < 4.78 is 0. The Labute approximate surface area is 101 Å². The van der Waals surface area contributed by atoms with Gasteiger partial charge in [0.05, 0.1) is 0 Å². The van der Waals surface area contributed by atoms with Crippen molar-refractivity contribution in [2.45, 2.75) is 26.7 Å². The van der Waals surface area contributed by atoms with E-state index in [0.717, 1.165) is 42.7 Å². The second-order valence-electron chi connectivity index (χ2n) is 4.58. The molecule has 2 N–H and O–H groups in total. The van der Waals surface area contributed by atoms with E-state index in [1.807, 2.05) is 18.7 Å². The predicted molar refractivity (Wildman–Crippen MR) is 67.4 cm³/mol. The predicted octanol–water partition coefficient (Wildman–Crippen LogP) is 2.64. The summed E-state index contributed by atoms with van der Waals surface area (Å²) in [5.74, 6) is 0.265. The van der Waals surface area contributed by atoms with Crippen molar-refractivity contribution in [2.75, 3.05) is 18.4 Å². The summed E-state index contributed by atoms with van der Waals surface area (Å²) in [5.41, 5.74) is 2.42. The highest BCUT2D eigenvalue weighted by Crippen LogP contribution is 2.25. The van der Waals surface area contributed by atoms with Crippen LogP contribution >= 0.6 is 0 Å². The summed E-state index contributed by atoms with van der Waals surface area (Å²) in [6.07, 6.45) is 2.17. The Hall–Kier alpha value is -1.71. The molecule has 0 bridgehead atoms. The third-order valence-corrected chi connectivity index (χ3v) is 3.18. The second kappa shape index (κ2) is 4.65. The Morgan fingerprint density at radius 1 is 1.24 bits per heavy atom. The molecule has 1 heterocycles. The zero-order chi connectivity index (χ0) is 12.4. The highest BCUT2D eigenvalue weighted by molar-refractivity contribution is 5.90. The Morgan fingerprint density at radius 2 is 1.88 bits per heavy atom. The van der Waals surface area contributed by atoms with E-state index in [1.165, 1.54) is 0 Å². The molecule has 1 saturated heterocycles. The van der Waals surface area contributed by atoms with Gasteiger partial charge in [-0.3, -0.25) is 0 Å². The molecule has 4 heteroatoms. The molecule has 1 aliphatic heterocycles. The fourth-order valence-corrected chi connectivity index (χ4v) is 2.05. The van der Waals surface area contributed by atoms with Crippen molar-refractivity contribution in [3.05, 3.63) is 23.3 Å². The smallest absolute Gasteiger partial charge is 0.321 e. The largest absolute Gasteiger partial charge is 0.508 e. The van der Waals surface area contributed by atoms with Gasteiger partial charge in [0.25, 0.3) is 0 Å². The Balaban J connectivity index is 2.12. The van der Waals surface area contributed by atoms with Gasteiger partial charge in [-0.1, -0.05) is 0 Å². The monoisotopic (exact) mass is 234 g/mol. The molecule has 17 heavy (non-hydrogen) atoms. The van der Waals surface area contributed by atoms with Crippen LogP contribution in [-0.2, 0) is 0 Å². The van der Waals surface area contributed by atoms with Gasteiger partial charge in [-0.2, -0.15) is 0 Å². The molecule has 0 aliphatic carbocycles. The zero-order valence-electron chi connectivity index (χ0n) is 10.3. The fraction of sp³-hybridized carbons (Fsp3) is 0.462. The van der Waals surface area contributed by atoms with Crippen LogP contribution in [0.15, 0.2) is 12.1 Å². The molecule has 2 rings (SSSR count). The lowest BCUT2D eigenvalue weighted by atomic mass is 10.1. The van der Waals surface area contributed by atoms with Gasteiger partial charge in [-0.05, 0) is 49.9 Å². The number of hydrogen-bond donors (Lipinski definition) is 2. The number of urea groups is 1. The van der Waals surface area contributed by atoms with Crippen LogP contribution in [0.1, 0.15) is 24.0 Å². The van der Waals surface area contributed by atoms with E-state index in [0.29, 0.717) is 0 Å². The molecule has 1 fully saturated rings. The lowest BCUT2D eigenvalue weighted by Crippen LogP contribution is -2.32. The number of phenolic OH excluding ortho intramolecular Hbond substituents is 1. The molecule has 0 unspecified atom stereocenters. The summed E-state index contributed by atoms with van der Waals surface area (Å²) in [7, 11) is 0. The van der Waals surface area contributed by atoms with Crippen molar-refractivity contribution < 1.29 is 9.90 Å². The minimum Gasteiger partial charge on any atom is -0.508 e. The molecule has 0 aromatic heterocycles. The molecule has 1 aromatic rings. The van der Waals surface area contributed by atoms with Crippen molar-refractivity contribution in [3.63, 3.8) is 0 Å². The molecule has 1 aliphatic rings. The fourth-order valence-electron chi connectivity index (χ4n) is 2.05. The Morgan fingerprint density at radius 3 is 2.53 bits per heavy atom. The average molecular weight is 234 g/mol. The van der Waals surface area contributed by atoms with Crippen LogP contribution in [0.2, 0.25) is 0 Å². The van der Waals surface area contributed by atoms with Crippen LogP contribution in [0.5, 0.6) is 5.75 Å². The highest BCUT2D eigenvalue weighted by Gasteiger charge is 2.18. The van der Waals surface area contributed by atoms with Gasteiger partial charge in [0, 0.05) is 18.8 Å².